The van der Waals surface area contributed by atoms with Crippen LogP contribution in [-0.4, -0.2) is 20.0 Å². The molecule has 22 heavy (non-hydrogen) atoms. The van der Waals surface area contributed by atoms with Crippen molar-refractivity contribution in [2.24, 2.45) is 0 Å². The molecule has 0 aliphatic heterocycles. The second-order valence-corrected chi connectivity index (χ2v) is 7.70. The van der Waals surface area contributed by atoms with Crippen molar-refractivity contribution >= 4 is 24.1 Å². The number of rotatable bonds is 8. The third-order valence-corrected chi connectivity index (χ3v) is 5.97. The molecule has 0 spiro atoms. The van der Waals surface area contributed by atoms with E-state index in [1.54, 1.807) is 0 Å². The van der Waals surface area contributed by atoms with Crippen molar-refractivity contribution in [2.75, 3.05) is 19.5 Å². The van der Waals surface area contributed by atoms with Gasteiger partial charge < -0.3 is 14.4 Å². The first kappa shape index (κ1) is 17.0. The minimum absolute atomic E-state index is 0.344. The lowest BCUT2D eigenvalue weighted by Gasteiger charge is -2.26. The van der Waals surface area contributed by atoms with Crippen LogP contribution in [0.25, 0.3) is 10.8 Å². The Morgan fingerprint density at radius 1 is 1.09 bits per heavy atom. The summed E-state index contributed by atoms with van der Waals surface area (Å²) in [4.78, 5) is 0. The first-order chi connectivity index (χ1) is 10.6. The van der Waals surface area contributed by atoms with Crippen LogP contribution < -0.4 is 5.32 Å². The van der Waals surface area contributed by atoms with E-state index in [4.69, 9.17) is 9.05 Å². The molecule has 1 N–H and O–H groups in total. The Hall–Kier alpha value is -1.35. The van der Waals surface area contributed by atoms with Gasteiger partial charge in [-0.15, -0.1) is 0 Å². The second-order valence-electron chi connectivity index (χ2n) is 5.27. The van der Waals surface area contributed by atoms with Crippen LogP contribution in [0.3, 0.4) is 0 Å². The zero-order valence-corrected chi connectivity index (χ0v) is 14.3. The number of anilines is 1. The third-order valence-electron chi connectivity index (χ3n) is 3.80. The molecule has 2 rings (SSSR count). The minimum atomic E-state index is -3.16. The highest BCUT2D eigenvalue weighted by Gasteiger charge is 2.33. The number of nitrogens with one attached hydrogen (secondary N) is 1. The van der Waals surface area contributed by atoms with E-state index in [0.29, 0.717) is 0 Å². The normalized spacial score (nSPS) is 13.2. The fourth-order valence-corrected chi connectivity index (χ4v) is 3.97. The van der Waals surface area contributed by atoms with Gasteiger partial charge in [-0.1, -0.05) is 50.1 Å². The van der Waals surface area contributed by atoms with Crippen LogP contribution in [0, 0.1) is 0 Å². The van der Waals surface area contributed by atoms with E-state index in [9.17, 15) is 4.57 Å². The average Bonchev–Trinajstić information content (AvgIpc) is 2.57. The maximum atomic E-state index is 12.7. The number of hydrogen-bond acceptors (Lipinski definition) is 4. The molecule has 0 radical (unpaired) electrons. The van der Waals surface area contributed by atoms with Crippen molar-refractivity contribution in [3.63, 3.8) is 0 Å². The second kappa shape index (κ2) is 7.77. The van der Waals surface area contributed by atoms with Gasteiger partial charge in [0.1, 0.15) is 5.78 Å². The van der Waals surface area contributed by atoms with Crippen LogP contribution in [0.4, 0.5) is 5.69 Å². The molecule has 0 heterocycles. The average molecular weight is 321 g/mol. The monoisotopic (exact) mass is 321 g/mol. The van der Waals surface area contributed by atoms with Crippen molar-refractivity contribution in [1.29, 1.82) is 0 Å². The van der Waals surface area contributed by atoms with E-state index in [2.05, 4.69) is 36.5 Å². The molecule has 0 saturated carbocycles. The molecule has 120 valence electrons. The fourth-order valence-electron chi connectivity index (χ4n) is 2.51. The summed E-state index contributed by atoms with van der Waals surface area (Å²) in [6, 6.07) is 14.3. The van der Waals surface area contributed by atoms with Crippen molar-refractivity contribution in [2.45, 2.75) is 32.0 Å². The molecule has 5 heteroatoms. The van der Waals surface area contributed by atoms with E-state index >= 15 is 0 Å². The molecule has 2 aromatic rings. The zero-order valence-electron chi connectivity index (χ0n) is 13.4. The summed E-state index contributed by atoms with van der Waals surface area (Å²) < 4.78 is 23.1. The van der Waals surface area contributed by atoms with Gasteiger partial charge in [0, 0.05) is 19.9 Å². The first-order valence-corrected chi connectivity index (χ1v) is 9.20. The van der Waals surface area contributed by atoms with Crippen molar-refractivity contribution < 1.29 is 13.6 Å². The highest BCUT2D eigenvalue weighted by Crippen LogP contribution is 2.53. The van der Waals surface area contributed by atoms with Crippen LogP contribution in [0.1, 0.15) is 26.2 Å². The predicted octanol–water partition coefficient (Wildman–Crippen LogP) is 5.25. The van der Waals surface area contributed by atoms with E-state index in [1.807, 2.05) is 18.2 Å². The molecule has 4 nitrogen and oxygen atoms in total. The molecule has 0 fully saturated rings. The minimum Gasteiger partial charge on any atom is -0.372 e. The first-order valence-electron chi connectivity index (χ1n) is 7.59. The summed E-state index contributed by atoms with van der Waals surface area (Å²) in [5.41, 5.74) is 0.925. The summed E-state index contributed by atoms with van der Waals surface area (Å²) >= 11 is 0. The van der Waals surface area contributed by atoms with E-state index < -0.39 is 7.60 Å². The van der Waals surface area contributed by atoms with Crippen LogP contribution in [0.2, 0.25) is 0 Å². The molecule has 0 aromatic heterocycles. The lowest BCUT2D eigenvalue weighted by atomic mass is 10.1. The maximum absolute atomic E-state index is 12.7. The summed E-state index contributed by atoms with van der Waals surface area (Å²) in [6.07, 6.45) is 2.73. The van der Waals surface area contributed by atoms with Gasteiger partial charge in [-0.25, -0.2) is 0 Å². The Morgan fingerprint density at radius 3 is 2.41 bits per heavy atom. The number of hydrogen-bond donors (Lipinski definition) is 1. The fraction of sp³-hybridized carbons (Fsp3) is 0.412. The van der Waals surface area contributed by atoms with E-state index in [1.165, 1.54) is 19.6 Å². The molecule has 2 aromatic carbocycles. The van der Waals surface area contributed by atoms with Gasteiger partial charge >= 0.3 is 7.60 Å². The number of unbranched alkanes of at least 4 members (excludes halogenated alkanes) is 1. The van der Waals surface area contributed by atoms with Gasteiger partial charge in [0.25, 0.3) is 0 Å². The topological polar surface area (TPSA) is 47.6 Å². The summed E-state index contributed by atoms with van der Waals surface area (Å²) in [5, 5.41) is 5.66. The molecule has 1 atom stereocenters. The molecule has 0 saturated heterocycles. The molecular formula is C17H24NO3P. The Bertz CT molecular complexity index is 651. The van der Waals surface area contributed by atoms with Gasteiger partial charge in [-0.05, 0) is 29.3 Å². The Morgan fingerprint density at radius 2 is 1.77 bits per heavy atom. The predicted molar refractivity (Wildman–Crippen MR) is 92.5 cm³/mol. The van der Waals surface area contributed by atoms with Crippen LogP contribution in [-0.2, 0) is 13.6 Å². The Kier molecular flexibility index (Phi) is 6.01. The molecule has 0 amide bonds. The number of fused-ring (bicyclic) bond motifs is 1. The third kappa shape index (κ3) is 3.89. The molecule has 0 aliphatic carbocycles. The van der Waals surface area contributed by atoms with E-state index in [-0.39, 0.29) is 5.78 Å². The van der Waals surface area contributed by atoms with Crippen LogP contribution in [0.5, 0.6) is 0 Å². The quantitative estimate of drug-likeness (QED) is 0.674. The van der Waals surface area contributed by atoms with Gasteiger partial charge in [-0.2, -0.15) is 0 Å². The van der Waals surface area contributed by atoms with Crippen molar-refractivity contribution in [1.82, 2.24) is 0 Å². The molecule has 0 aliphatic rings. The smallest absolute Gasteiger partial charge is 0.352 e. The summed E-state index contributed by atoms with van der Waals surface area (Å²) in [5.74, 6) is -0.344. The van der Waals surface area contributed by atoms with Crippen molar-refractivity contribution in [3.05, 3.63) is 42.5 Å². The highest BCUT2D eigenvalue weighted by molar-refractivity contribution is 7.54. The standard InChI is InChI=1S/C17H24NO3P/c1-4-5-10-17(22(19,20-2)21-3)18-16-12-11-14-8-6-7-9-15(14)13-16/h6-9,11-13,17-18H,4-5,10H2,1-3H3. The summed E-state index contributed by atoms with van der Waals surface area (Å²) in [7, 11) is -0.286. The van der Waals surface area contributed by atoms with Gasteiger partial charge in [-0.3, -0.25) is 4.57 Å². The lowest BCUT2D eigenvalue weighted by Crippen LogP contribution is -2.21. The van der Waals surface area contributed by atoms with Crippen molar-refractivity contribution in [3.8, 4) is 0 Å². The van der Waals surface area contributed by atoms with Crippen LogP contribution >= 0.6 is 7.60 Å². The largest absolute Gasteiger partial charge is 0.372 e. The highest BCUT2D eigenvalue weighted by atomic mass is 31.2. The van der Waals surface area contributed by atoms with E-state index in [0.717, 1.165) is 30.3 Å². The molecular weight excluding hydrogens is 297 g/mol. The van der Waals surface area contributed by atoms with Gasteiger partial charge in [0.15, 0.2) is 0 Å². The SMILES string of the molecule is CCCCC(Nc1ccc2ccccc2c1)P(=O)(OC)OC. The lowest BCUT2D eigenvalue weighted by molar-refractivity contribution is 0.266. The molecule has 0 bridgehead atoms. The summed E-state index contributed by atoms with van der Waals surface area (Å²) in [6.45, 7) is 2.11. The Balaban J connectivity index is 2.25. The number of benzene rings is 2. The zero-order chi connectivity index (χ0) is 16.0. The van der Waals surface area contributed by atoms with Gasteiger partial charge in [0.2, 0.25) is 0 Å². The Labute approximate surface area is 132 Å². The maximum Gasteiger partial charge on any atom is 0.352 e. The van der Waals surface area contributed by atoms with Gasteiger partial charge in [0.05, 0.1) is 0 Å². The molecule has 1 unspecified atom stereocenters. The van der Waals surface area contributed by atoms with Crippen LogP contribution in [0.15, 0.2) is 42.5 Å².